The van der Waals surface area contributed by atoms with Crippen LogP contribution in [0.2, 0.25) is 0 Å². The number of nitrogens with zero attached hydrogens (tertiary/aromatic N) is 1. The summed E-state index contributed by atoms with van der Waals surface area (Å²) in [5, 5.41) is 0. The predicted molar refractivity (Wildman–Crippen MR) is 46.7 cm³/mol. The first-order valence-corrected chi connectivity index (χ1v) is 4.07. The van der Waals surface area contributed by atoms with Crippen molar-refractivity contribution in [2.24, 2.45) is 0 Å². The van der Waals surface area contributed by atoms with E-state index < -0.39 is 12.4 Å². The lowest BCUT2D eigenvalue weighted by atomic mass is 10.3. The molecule has 0 aromatic carbocycles. The number of aromatic nitrogens is 2. The lowest BCUT2D eigenvalue weighted by Crippen LogP contribution is -2.31. The molecule has 0 radical (unpaired) electrons. The molecule has 72 valence electrons. The molecule has 0 aliphatic carbocycles. The van der Waals surface area contributed by atoms with Crippen molar-refractivity contribution in [2.45, 2.75) is 19.9 Å². The molecular weight excluding hydrogens is 175 g/mol. The van der Waals surface area contributed by atoms with E-state index in [1.54, 1.807) is 6.92 Å². The molecule has 0 amide bonds. The Morgan fingerprint density at radius 2 is 2.23 bits per heavy atom. The maximum absolute atomic E-state index is 11.9. The minimum atomic E-state index is -0.616. The van der Waals surface area contributed by atoms with Crippen molar-refractivity contribution in [3.63, 3.8) is 0 Å². The maximum Gasteiger partial charge on any atom is 0.328 e. The Morgan fingerprint density at radius 3 is 2.77 bits per heavy atom. The van der Waals surface area contributed by atoms with Crippen LogP contribution in [-0.2, 0) is 13.0 Å². The van der Waals surface area contributed by atoms with Gasteiger partial charge in [-0.25, -0.2) is 9.18 Å². The number of alkyl halides is 1. The first-order chi connectivity index (χ1) is 6.19. The summed E-state index contributed by atoms with van der Waals surface area (Å²) in [4.78, 5) is 24.2. The third-order valence-corrected chi connectivity index (χ3v) is 1.79. The molecule has 0 spiro atoms. The lowest BCUT2D eigenvalue weighted by Gasteiger charge is -2.02. The summed E-state index contributed by atoms with van der Waals surface area (Å²) in [5.74, 6) is 0. The zero-order chi connectivity index (χ0) is 9.84. The fourth-order valence-electron chi connectivity index (χ4n) is 1.06. The molecule has 0 aliphatic heterocycles. The normalized spacial score (nSPS) is 10.3. The van der Waals surface area contributed by atoms with Crippen LogP contribution in [0.15, 0.2) is 15.8 Å². The van der Waals surface area contributed by atoms with Crippen molar-refractivity contribution >= 4 is 0 Å². The first-order valence-electron chi connectivity index (χ1n) is 4.07. The molecule has 13 heavy (non-hydrogen) atoms. The average molecular weight is 186 g/mol. The van der Waals surface area contributed by atoms with E-state index >= 15 is 0 Å². The molecule has 1 heterocycles. The summed E-state index contributed by atoms with van der Waals surface area (Å²) < 4.78 is 13.1. The van der Waals surface area contributed by atoms with Crippen LogP contribution >= 0.6 is 0 Å². The summed E-state index contributed by atoms with van der Waals surface area (Å²) in [6.07, 6.45) is 1.93. The molecule has 4 nitrogen and oxygen atoms in total. The number of aryl methyl sites for hydroxylation is 2. The van der Waals surface area contributed by atoms with Gasteiger partial charge < -0.3 is 0 Å². The van der Waals surface area contributed by atoms with Gasteiger partial charge in [0.15, 0.2) is 0 Å². The topological polar surface area (TPSA) is 54.9 Å². The highest BCUT2D eigenvalue weighted by Crippen LogP contribution is 1.88. The van der Waals surface area contributed by atoms with Gasteiger partial charge in [-0.3, -0.25) is 14.3 Å². The minimum absolute atomic E-state index is 0.0113. The van der Waals surface area contributed by atoms with Crippen molar-refractivity contribution in [3.8, 4) is 0 Å². The van der Waals surface area contributed by atoms with Crippen molar-refractivity contribution in [3.05, 3.63) is 32.6 Å². The molecule has 0 saturated carbocycles. The molecular formula is C8H11FN2O2. The summed E-state index contributed by atoms with van der Waals surface area (Å²) in [6, 6.07) is 0. The molecule has 0 atom stereocenters. The second kappa shape index (κ2) is 4.02. The van der Waals surface area contributed by atoms with Gasteiger partial charge in [0.1, 0.15) is 6.67 Å². The van der Waals surface area contributed by atoms with Crippen LogP contribution in [0.25, 0.3) is 0 Å². The van der Waals surface area contributed by atoms with Gasteiger partial charge in [0, 0.05) is 11.8 Å². The van der Waals surface area contributed by atoms with Crippen molar-refractivity contribution in [1.82, 2.24) is 9.55 Å². The fraction of sp³-hybridized carbons (Fsp3) is 0.500. The van der Waals surface area contributed by atoms with Crippen LogP contribution < -0.4 is 11.2 Å². The minimum Gasteiger partial charge on any atom is -0.298 e. The molecule has 0 bridgehead atoms. The zero-order valence-corrected chi connectivity index (χ0v) is 7.34. The number of H-pyrrole nitrogens is 1. The molecule has 5 heteroatoms. The number of aromatic amines is 1. The molecule has 1 rings (SSSR count). The Balaban J connectivity index is 3.22. The van der Waals surface area contributed by atoms with Crippen molar-refractivity contribution in [2.75, 3.05) is 6.67 Å². The second-order valence-corrected chi connectivity index (χ2v) is 2.65. The number of hydrogen-bond acceptors (Lipinski definition) is 2. The van der Waals surface area contributed by atoms with Crippen molar-refractivity contribution in [1.29, 1.82) is 0 Å². The van der Waals surface area contributed by atoms with E-state index in [1.165, 1.54) is 10.8 Å². The highest BCUT2D eigenvalue weighted by Gasteiger charge is 2.01. The predicted octanol–water partition coefficient (Wildman–Crippen LogP) is 0.0685. The summed E-state index contributed by atoms with van der Waals surface area (Å²) in [5.41, 5.74) is -0.449. The third kappa shape index (κ3) is 2.05. The van der Waals surface area contributed by atoms with E-state index in [4.69, 9.17) is 0 Å². The van der Waals surface area contributed by atoms with E-state index in [1.807, 2.05) is 0 Å². The average Bonchev–Trinajstić information content (AvgIpc) is 2.10. The Hall–Kier alpha value is -1.39. The van der Waals surface area contributed by atoms with Gasteiger partial charge in [-0.05, 0) is 6.42 Å². The standard InChI is InChI=1S/C8H11FN2O2/c1-2-6-5-11(4-3-9)8(13)10-7(6)12/h5H,2-4H2,1H3,(H,10,12,13). The number of nitrogens with one attached hydrogen (secondary N) is 1. The largest absolute Gasteiger partial charge is 0.328 e. The summed E-state index contributed by atoms with van der Waals surface area (Å²) >= 11 is 0. The van der Waals surface area contributed by atoms with Crippen LogP contribution in [0, 0.1) is 0 Å². The lowest BCUT2D eigenvalue weighted by molar-refractivity contribution is 0.435. The molecule has 1 N–H and O–H groups in total. The van der Waals surface area contributed by atoms with Crippen LogP contribution in [0.3, 0.4) is 0 Å². The summed E-state index contributed by atoms with van der Waals surface area (Å²) in [7, 11) is 0. The highest BCUT2D eigenvalue weighted by atomic mass is 19.1. The smallest absolute Gasteiger partial charge is 0.298 e. The van der Waals surface area contributed by atoms with Crippen LogP contribution in [0.1, 0.15) is 12.5 Å². The maximum atomic E-state index is 11.9. The monoisotopic (exact) mass is 186 g/mol. The van der Waals surface area contributed by atoms with Crippen LogP contribution in [0.5, 0.6) is 0 Å². The van der Waals surface area contributed by atoms with E-state index in [-0.39, 0.29) is 12.1 Å². The molecule has 1 aromatic heterocycles. The molecule has 1 aromatic rings. The number of hydrogen-bond donors (Lipinski definition) is 1. The van der Waals surface area contributed by atoms with Gasteiger partial charge in [-0.1, -0.05) is 6.92 Å². The zero-order valence-electron chi connectivity index (χ0n) is 7.34. The second-order valence-electron chi connectivity index (χ2n) is 2.65. The van der Waals surface area contributed by atoms with E-state index in [0.29, 0.717) is 12.0 Å². The van der Waals surface area contributed by atoms with E-state index in [0.717, 1.165) is 0 Å². The van der Waals surface area contributed by atoms with Crippen molar-refractivity contribution < 1.29 is 4.39 Å². The summed E-state index contributed by atoms with van der Waals surface area (Å²) in [6.45, 7) is 1.17. The quantitative estimate of drug-likeness (QED) is 0.726. The van der Waals surface area contributed by atoms with Crippen LogP contribution in [0.4, 0.5) is 4.39 Å². The van der Waals surface area contributed by atoms with Gasteiger partial charge in [-0.2, -0.15) is 0 Å². The molecule has 0 aliphatic rings. The third-order valence-electron chi connectivity index (χ3n) is 1.79. The van der Waals surface area contributed by atoms with Crippen LogP contribution in [-0.4, -0.2) is 16.2 Å². The van der Waals surface area contributed by atoms with Gasteiger partial charge in [0.2, 0.25) is 0 Å². The Morgan fingerprint density at radius 1 is 1.54 bits per heavy atom. The fourth-order valence-corrected chi connectivity index (χ4v) is 1.06. The molecule has 0 unspecified atom stereocenters. The van der Waals surface area contributed by atoms with Gasteiger partial charge >= 0.3 is 5.69 Å². The van der Waals surface area contributed by atoms with E-state index in [9.17, 15) is 14.0 Å². The number of halogens is 1. The Labute approximate surface area is 74.0 Å². The Bertz CT molecular complexity index is 394. The highest BCUT2D eigenvalue weighted by molar-refractivity contribution is 5.03. The molecule has 0 saturated heterocycles. The Kier molecular flexibility index (Phi) is 3.00. The molecule has 0 fully saturated rings. The first kappa shape index (κ1) is 9.70. The number of rotatable bonds is 3. The van der Waals surface area contributed by atoms with Gasteiger partial charge in [0.05, 0.1) is 6.54 Å². The van der Waals surface area contributed by atoms with Gasteiger partial charge in [-0.15, -0.1) is 0 Å². The van der Waals surface area contributed by atoms with Gasteiger partial charge in [0.25, 0.3) is 5.56 Å². The SMILES string of the molecule is CCc1cn(CCF)c(=O)[nH]c1=O. The van der Waals surface area contributed by atoms with E-state index in [2.05, 4.69) is 4.98 Å².